The first-order valence-corrected chi connectivity index (χ1v) is 8.98. The van der Waals surface area contributed by atoms with Crippen LogP contribution in [0, 0.1) is 5.92 Å². The molecular weight excluding hydrogens is 286 g/mol. The molecule has 0 saturated carbocycles. The van der Waals surface area contributed by atoms with Gasteiger partial charge in [-0.3, -0.25) is 4.31 Å². The van der Waals surface area contributed by atoms with E-state index >= 15 is 0 Å². The Labute approximate surface area is 127 Å². The number of nitrogen functional groups attached to an aromatic ring is 1. The third-order valence-corrected chi connectivity index (χ3v) is 5.77. The Bertz CT molecular complexity index is 557. The van der Waals surface area contributed by atoms with Crippen molar-refractivity contribution >= 4 is 21.6 Å². The smallest absolute Gasteiger partial charge is 0.304 e. The summed E-state index contributed by atoms with van der Waals surface area (Å²) in [6, 6.07) is 7.03. The van der Waals surface area contributed by atoms with Crippen molar-refractivity contribution in [3.63, 3.8) is 0 Å². The summed E-state index contributed by atoms with van der Waals surface area (Å²) in [7, 11) is -3.46. The van der Waals surface area contributed by atoms with E-state index < -0.39 is 10.2 Å². The molecule has 21 heavy (non-hydrogen) atoms. The average molecular weight is 311 g/mol. The van der Waals surface area contributed by atoms with Gasteiger partial charge in [0, 0.05) is 25.3 Å². The molecule has 118 valence electrons. The van der Waals surface area contributed by atoms with Crippen molar-refractivity contribution in [3.8, 4) is 0 Å². The molecule has 2 N–H and O–H groups in total. The maximum atomic E-state index is 12.9. The molecule has 1 aromatic rings. The van der Waals surface area contributed by atoms with Crippen LogP contribution in [-0.4, -0.2) is 32.4 Å². The summed E-state index contributed by atoms with van der Waals surface area (Å²) in [4.78, 5) is 0. The molecular formula is C15H25N3O2S. The van der Waals surface area contributed by atoms with Gasteiger partial charge in [0.05, 0.1) is 5.69 Å². The molecule has 0 spiro atoms. The number of nitrogens with zero attached hydrogens (tertiary/aromatic N) is 2. The molecule has 1 aliphatic heterocycles. The summed E-state index contributed by atoms with van der Waals surface area (Å²) in [6.45, 7) is 5.80. The summed E-state index contributed by atoms with van der Waals surface area (Å²) < 4.78 is 29.0. The maximum Gasteiger partial charge on any atom is 0.304 e. The highest BCUT2D eigenvalue weighted by Gasteiger charge is 2.32. The molecule has 5 nitrogen and oxygen atoms in total. The molecule has 1 aliphatic rings. The first-order chi connectivity index (χ1) is 9.95. The van der Waals surface area contributed by atoms with Gasteiger partial charge in [-0.15, -0.1) is 0 Å². The average Bonchev–Trinajstić information content (AvgIpc) is 2.46. The third-order valence-electron chi connectivity index (χ3n) is 3.83. The van der Waals surface area contributed by atoms with Crippen molar-refractivity contribution in [2.24, 2.45) is 5.92 Å². The number of rotatable bonds is 5. The minimum atomic E-state index is -3.46. The highest BCUT2D eigenvalue weighted by molar-refractivity contribution is 7.90. The molecule has 1 saturated heterocycles. The second-order valence-electron chi connectivity index (χ2n) is 5.78. The number of hydrogen-bond donors (Lipinski definition) is 1. The van der Waals surface area contributed by atoms with E-state index in [1.54, 1.807) is 28.6 Å². The van der Waals surface area contributed by atoms with Gasteiger partial charge in [0.25, 0.3) is 0 Å². The van der Waals surface area contributed by atoms with E-state index in [9.17, 15) is 8.42 Å². The molecule has 0 aliphatic carbocycles. The molecule has 1 atom stereocenters. The SMILES string of the molecule is CCCN(c1ccc(N)cc1)S(=O)(=O)N1CCCC(C)C1. The summed E-state index contributed by atoms with van der Waals surface area (Å²) >= 11 is 0. The molecule has 0 bridgehead atoms. The van der Waals surface area contributed by atoms with Gasteiger partial charge < -0.3 is 5.73 Å². The largest absolute Gasteiger partial charge is 0.399 e. The van der Waals surface area contributed by atoms with E-state index in [2.05, 4.69) is 6.92 Å². The Morgan fingerprint density at radius 1 is 1.33 bits per heavy atom. The molecule has 1 heterocycles. The lowest BCUT2D eigenvalue weighted by Crippen LogP contribution is -2.48. The Morgan fingerprint density at radius 2 is 2.00 bits per heavy atom. The van der Waals surface area contributed by atoms with Gasteiger partial charge in [-0.05, 0) is 49.4 Å². The number of anilines is 2. The molecule has 2 rings (SSSR count). The predicted octanol–water partition coefficient (Wildman–Crippen LogP) is 2.46. The zero-order valence-electron chi connectivity index (χ0n) is 12.8. The van der Waals surface area contributed by atoms with Gasteiger partial charge in [0.2, 0.25) is 0 Å². The number of piperidine rings is 1. The van der Waals surface area contributed by atoms with Gasteiger partial charge >= 0.3 is 10.2 Å². The lowest BCUT2D eigenvalue weighted by Gasteiger charge is -2.35. The van der Waals surface area contributed by atoms with Crippen LogP contribution in [-0.2, 0) is 10.2 Å². The van der Waals surface area contributed by atoms with Crippen molar-refractivity contribution in [2.45, 2.75) is 33.1 Å². The molecule has 1 fully saturated rings. The Kier molecular flexibility index (Phi) is 5.11. The zero-order valence-corrected chi connectivity index (χ0v) is 13.6. The summed E-state index contributed by atoms with van der Waals surface area (Å²) in [5.74, 6) is 0.420. The molecule has 1 aromatic carbocycles. The van der Waals surface area contributed by atoms with Crippen LogP contribution in [0.2, 0.25) is 0 Å². The van der Waals surface area contributed by atoms with E-state index in [-0.39, 0.29) is 0 Å². The maximum absolute atomic E-state index is 12.9. The van der Waals surface area contributed by atoms with Crippen LogP contribution in [0.15, 0.2) is 24.3 Å². The summed E-state index contributed by atoms with van der Waals surface area (Å²) in [6.07, 6.45) is 2.80. The van der Waals surface area contributed by atoms with Crippen molar-refractivity contribution in [3.05, 3.63) is 24.3 Å². The van der Waals surface area contributed by atoms with E-state index in [4.69, 9.17) is 5.73 Å². The Hall–Kier alpha value is -1.27. The number of hydrogen-bond acceptors (Lipinski definition) is 3. The molecule has 0 radical (unpaired) electrons. The van der Waals surface area contributed by atoms with Crippen LogP contribution in [0.25, 0.3) is 0 Å². The summed E-state index contributed by atoms with van der Waals surface area (Å²) in [5.41, 5.74) is 7.02. The van der Waals surface area contributed by atoms with Crippen molar-refractivity contribution in [1.82, 2.24) is 4.31 Å². The van der Waals surface area contributed by atoms with Crippen molar-refractivity contribution < 1.29 is 8.42 Å². The topological polar surface area (TPSA) is 66.6 Å². The van der Waals surface area contributed by atoms with Gasteiger partial charge in [-0.25, -0.2) is 0 Å². The quantitative estimate of drug-likeness (QED) is 0.849. The Morgan fingerprint density at radius 3 is 2.57 bits per heavy atom. The van der Waals surface area contributed by atoms with Crippen LogP contribution in [0.5, 0.6) is 0 Å². The van der Waals surface area contributed by atoms with Crippen molar-refractivity contribution in [2.75, 3.05) is 29.7 Å². The molecule has 6 heteroatoms. The lowest BCUT2D eigenvalue weighted by atomic mass is 10.0. The summed E-state index contributed by atoms with van der Waals surface area (Å²) in [5, 5.41) is 0. The first kappa shape index (κ1) is 16.1. The van der Waals surface area contributed by atoms with Crippen LogP contribution < -0.4 is 10.0 Å². The van der Waals surface area contributed by atoms with Crippen LogP contribution in [0.3, 0.4) is 0 Å². The number of benzene rings is 1. The second kappa shape index (κ2) is 6.66. The normalized spacial score (nSPS) is 20.4. The standard InChI is InChI=1S/C15H25N3O2S/c1-3-10-18(15-8-6-14(16)7-9-15)21(19,20)17-11-4-5-13(2)12-17/h6-9,13H,3-5,10-12,16H2,1-2H3. The first-order valence-electron chi connectivity index (χ1n) is 7.58. The van der Waals surface area contributed by atoms with Crippen molar-refractivity contribution in [1.29, 1.82) is 0 Å². The minimum absolute atomic E-state index is 0.420. The fourth-order valence-corrected chi connectivity index (χ4v) is 4.60. The van der Waals surface area contributed by atoms with E-state index in [0.717, 1.165) is 19.3 Å². The fraction of sp³-hybridized carbons (Fsp3) is 0.600. The highest BCUT2D eigenvalue weighted by atomic mass is 32.2. The zero-order chi connectivity index (χ0) is 15.5. The molecule has 0 amide bonds. The fourth-order valence-electron chi connectivity index (χ4n) is 2.72. The molecule has 1 unspecified atom stereocenters. The lowest BCUT2D eigenvalue weighted by molar-refractivity contribution is 0.280. The van der Waals surface area contributed by atoms with Crippen LogP contribution in [0.1, 0.15) is 33.1 Å². The Balaban J connectivity index is 2.29. The monoisotopic (exact) mass is 311 g/mol. The predicted molar refractivity (Wildman–Crippen MR) is 87.4 cm³/mol. The van der Waals surface area contributed by atoms with E-state index in [0.29, 0.717) is 36.9 Å². The van der Waals surface area contributed by atoms with Gasteiger partial charge in [0.15, 0.2) is 0 Å². The molecule has 0 aromatic heterocycles. The highest BCUT2D eigenvalue weighted by Crippen LogP contribution is 2.25. The van der Waals surface area contributed by atoms with Crippen LogP contribution in [0.4, 0.5) is 11.4 Å². The number of nitrogens with two attached hydrogens (primary N) is 1. The second-order valence-corrected chi connectivity index (χ2v) is 7.63. The third kappa shape index (κ3) is 3.68. The minimum Gasteiger partial charge on any atom is -0.399 e. The van der Waals surface area contributed by atoms with Gasteiger partial charge in [-0.1, -0.05) is 13.8 Å². The van der Waals surface area contributed by atoms with E-state index in [1.165, 1.54) is 4.31 Å². The van der Waals surface area contributed by atoms with Crippen LogP contribution >= 0.6 is 0 Å². The van der Waals surface area contributed by atoms with E-state index in [1.807, 2.05) is 6.92 Å². The van der Waals surface area contributed by atoms with Gasteiger partial charge in [-0.2, -0.15) is 12.7 Å². The van der Waals surface area contributed by atoms with Gasteiger partial charge in [0.1, 0.15) is 0 Å².